The normalized spacial score (nSPS) is 11.9. The smallest absolute Gasteiger partial charge is 0.224 e. The average molecular weight is 250 g/mol. The zero-order valence-corrected chi connectivity index (χ0v) is 11.1. The monoisotopic (exact) mass is 250 g/mol. The molecule has 0 aromatic heterocycles. The maximum atomic E-state index is 11.8. The lowest BCUT2D eigenvalue weighted by Gasteiger charge is -2.12. The van der Waals surface area contributed by atoms with Crippen LogP contribution in [0.4, 0.5) is 0 Å². The molecule has 0 aliphatic carbocycles. The Morgan fingerprint density at radius 2 is 2.17 bits per heavy atom. The zero-order chi connectivity index (χ0) is 13.4. The molecule has 0 fully saturated rings. The molecule has 0 aliphatic heterocycles. The predicted molar refractivity (Wildman–Crippen MR) is 72.5 cm³/mol. The minimum atomic E-state index is 0.0170. The van der Waals surface area contributed by atoms with Crippen LogP contribution in [0.2, 0.25) is 0 Å². The molecular weight excluding hydrogens is 228 g/mol. The molecule has 1 rings (SSSR count). The van der Waals surface area contributed by atoms with E-state index in [9.17, 15) is 4.79 Å². The van der Waals surface area contributed by atoms with Crippen LogP contribution in [0.5, 0.6) is 5.75 Å². The van der Waals surface area contributed by atoms with Crippen molar-refractivity contribution >= 4 is 5.91 Å². The van der Waals surface area contributed by atoms with Crippen molar-refractivity contribution in [1.29, 1.82) is 0 Å². The van der Waals surface area contributed by atoms with Crippen LogP contribution < -0.4 is 15.8 Å². The van der Waals surface area contributed by atoms with Gasteiger partial charge in [-0.1, -0.05) is 25.1 Å². The number of benzene rings is 1. The largest absolute Gasteiger partial charge is 0.496 e. The van der Waals surface area contributed by atoms with Crippen molar-refractivity contribution in [3.63, 3.8) is 0 Å². The highest BCUT2D eigenvalue weighted by Crippen LogP contribution is 2.17. The van der Waals surface area contributed by atoms with E-state index in [2.05, 4.69) is 12.2 Å². The lowest BCUT2D eigenvalue weighted by molar-refractivity contribution is -0.120. The standard InChI is InChI=1S/C14H22N2O2/c1-11(7-8-15)10-16-14(17)9-12-5-3-4-6-13(12)18-2/h3-6,11H,7-10,15H2,1-2H3,(H,16,17). The Morgan fingerprint density at radius 3 is 2.83 bits per heavy atom. The third-order valence-electron chi connectivity index (χ3n) is 2.85. The lowest BCUT2D eigenvalue weighted by atomic mass is 10.1. The number of amides is 1. The predicted octanol–water partition coefficient (Wildman–Crippen LogP) is 1.34. The van der Waals surface area contributed by atoms with Gasteiger partial charge in [0.25, 0.3) is 0 Å². The summed E-state index contributed by atoms with van der Waals surface area (Å²) in [6.45, 7) is 3.41. The van der Waals surface area contributed by atoms with Gasteiger partial charge in [0.15, 0.2) is 0 Å². The Labute approximate surface area is 109 Å². The van der Waals surface area contributed by atoms with Crippen LogP contribution in [0.3, 0.4) is 0 Å². The first kappa shape index (κ1) is 14.5. The van der Waals surface area contributed by atoms with Crippen LogP contribution in [-0.4, -0.2) is 26.1 Å². The Bertz CT molecular complexity index is 380. The number of hydrogen-bond acceptors (Lipinski definition) is 3. The van der Waals surface area contributed by atoms with Gasteiger partial charge in [-0.25, -0.2) is 0 Å². The van der Waals surface area contributed by atoms with Gasteiger partial charge in [0.1, 0.15) is 5.75 Å². The molecular formula is C14H22N2O2. The van der Waals surface area contributed by atoms with Gasteiger partial charge in [-0.3, -0.25) is 4.79 Å². The molecule has 1 amide bonds. The van der Waals surface area contributed by atoms with Crippen molar-refractivity contribution in [3.05, 3.63) is 29.8 Å². The molecule has 0 heterocycles. The van der Waals surface area contributed by atoms with Gasteiger partial charge >= 0.3 is 0 Å². The minimum Gasteiger partial charge on any atom is -0.496 e. The van der Waals surface area contributed by atoms with E-state index in [0.717, 1.165) is 17.7 Å². The second kappa shape index (κ2) is 7.71. The van der Waals surface area contributed by atoms with Crippen molar-refractivity contribution in [3.8, 4) is 5.75 Å². The molecule has 0 radical (unpaired) electrons. The van der Waals surface area contributed by atoms with Crippen molar-refractivity contribution in [2.45, 2.75) is 19.8 Å². The molecule has 18 heavy (non-hydrogen) atoms. The van der Waals surface area contributed by atoms with Crippen LogP contribution in [-0.2, 0) is 11.2 Å². The van der Waals surface area contributed by atoms with Crippen molar-refractivity contribution in [2.75, 3.05) is 20.2 Å². The first-order valence-electron chi connectivity index (χ1n) is 6.26. The second-order valence-corrected chi connectivity index (χ2v) is 4.48. The van der Waals surface area contributed by atoms with E-state index >= 15 is 0 Å². The molecule has 0 spiro atoms. The Balaban J connectivity index is 2.44. The van der Waals surface area contributed by atoms with E-state index in [4.69, 9.17) is 10.5 Å². The molecule has 1 aromatic carbocycles. The summed E-state index contributed by atoms with van der Waals surface area (Å²) in [5.41, 5.74) is 6.37. The van der Waals surface area contributed by atoms with Gasteiger partial charge in [-0.2, -0.15) is 0 Å². The molecule has 3 N–H and O–H groups in total. The van der Waals surface area contributed by atoms with Crippen LogP contribution in [0.25, 0.3) is 0 Å². The van der Waals surface area contributed by atoms with Crippen LogP contribution >= 0.6 is 0 Å². The Kier molecular flexibility index (Phi) is 6.22. The maximum absolute atomic E-state index is 11.8. The van der Waals surface area contributed by atoms with Gasteiger partial charge in [-0.05, 0) is 24.9 Å². The van der Waals surface area contributed by atoms with Crippen molar-refractivity contribution in [1.82, 2.24) is 5.32 Å². The van der Waals surface area contributed by atoms with Crippen LogP contribution in [0.15, 0.2) is 24.3 Å². The van der Waals surface area contributed by atoms with Crippen molar-refractivity contribution < 1.29 is 9.53 Å². The molecule has 1 aromatic rings. The topological polar surface area (TPSA) is 64.3 Å². The number of rotatable bonds is 7. The molecule has 0 aliphatic rings. The number of nitrogens with one attached hydrogen (secondary N) is 1. The first-order chi connectivity index (χ1) is 8.67. The highest BCUT2D eigenvalue weighted by atomic mass is 16.5. The number of ether oxygens (including phenoxy) is 1. The fraction of sp³-hybridized carbons (Fsp3) is 0.500. The second-order valence-electron chi connectivity index (χ2n) is 4.48. The van der Waals surface area contributed by atoms with E-state index < -0.39 is 0 Å². The summed E-state index contributed by atoms with van der Waals surface area (Å²) in [6.07, 6.45) is 1.27. The van der Waals surface area contributed by atoms with Crippen molar-refractivity contribution in [2.24, 2.45) is 11.7 Å². The summed E-state index contributed by atoms with van der Waals surface area (Å²) in [5.74, 6) is 1.18. The zero-order valence-electron chi connectivity index (χ0n) is 11.1. The lowest BCUT2D eigenvalue weighted by Crippen LogP contribution is -2.30. The quantitative estimate of drug-likeness (QED) is 0.767. The summed E-state index contributed by atoms with van der Waals surface area (Å²) in [7, 11) is 1.61. The highest BCUT2D eigenvalue weighted by molar-refractivity contribution is 5.79. The van der Waals surface area contributed by atoms with E-state index in [1.807, 2.05) is 24.3 Å². The van der Waals surface area contributed by atoms with Gasteiger partial charge in [0.2, 0.25) is 5.91 Å². The number of carbonyl (C=O) groups excluding carboxylic acids is 1. The van der Waals surface area contributed by atoms with Gasteiger partial charge in [-0.15, -0.1) is 0 Å². The molecule has 0 bridgehead atoms. The summed E-state index contributed by atoms with van der Waals surface area (Å²) in [5, 5.41) is 2.92. The summed E-state index contributed by atoms with van der Waals surface area (Å²) >= 11 is 0. The number of methoxy groups -OCH3 is 1. The molecule has 0 saturated carbocycles. The van der Waals surface area contributed by atoms with Gasteiger partial charge in [0.05, 0.1) is 13.5 Å². The summed E-state index contributed by atoms with van der Waals surface area (Å²) < 4.78 is 5.21. The average Bonchev–Trinajstić information content (AvgIpc) is 2.37. The molecule has 1 atom stereocenters. The fourth-order valence-electron chi connectivity index (χ4n) is 1.76. The van der Waals surface area contributed by atoms with Crippen LogP contribution in [0.1, 0.15) is 18.9 Å². The molecule has 100 valence electrons. The van der Waals surface area contributed by atoms with E-state index in [0.29, 0.717) is 25.4 Å². The van der Waals surface area contributed by atoms with E-state index in [-0.39, 0.29) is 5.91 Å². The number of nitrogens with two attached hydrogens (primary N) is 1. The number of hydrogen-bond donors (Lipinski definition) is 2. The molecule has 1 unspecified atom stereocenters. The summed E-state index contributed by atoms with van der Waals surface area (Å²) in [4.78, 5) is 11.8. The molecule has 4 nitrogen and oxygen atoms in total. The molecule has 0 saturated heterocycles. The van der Waals surface area contributed by atoms with E-state index in [1.54, 1.807) is 7.11 Å². The first-order valence-corrected chi connectivity index (χ1v) is 6.26. The third kappa shape index (κ3) is 4.75. The maximum Gasteiger partial charge on any atom is 0.224 e. The third-order valence-corrected chi connectivity index (χ3v) is 2.85. The minimum absolute atomic E-state index is 0.0170. The Hall–Kier alpha value is -1.55. The Morgan fingerprint density at radius 1 is 1.44 bits per heavy atom. The highest BCUT2D eigenvalue weighted by Gasteiger charge is 2.09. The SMILES string of the molecule is COc1ccccc1CC(=O)NCC(C)CCN. The number of carbonyl (C=O) groups is 1. The number of para-hydroxylation sites is 1. The molecule has 4 heteroatoms. The van der Waals surface area contributed by atoms with Crippen LogP contribution in [0, 0.1) is 5.92 Å². The van der Waals surface area contributed by atoms with Gasteiger partial charge < -0.3 is 15.8 Å². The van der Waals surface area contributed by atoms with E-state index in [1.165, 1.54) is 0 Å². The summed E-state index contributed by atoms with van der Waals surface area (Å²) in [6, 6.07) is 7.56. The fourth-order valence-corrected chi connectivity index (χ4v) is 1.76. The van der Waals surface area contributed by atoms with Gasteiger partial charge in [0, 0.05) is 12.1 Å².